The van der Waals surface area contributed by atoms with Crippen molar-refractivity contribution in [2.24, 2.45) is 0 Å². The largest absolute Gasteiger partial charge is 0.363 e. The maximum absolute atomic E-state index is 13.3. The summed E-state index contributed by atoms with van der Waals surface area (Å²) in [6.07, 6.45) is 4.06. The Kier molecular flexibility index (Phi) is 5.44. The third kappa shape index (κ3) is 4.55. The minimum absolute atomic E-state index is 0.137. The lowest BCUT2D eigenvalue weighted by Crippen LogP contribution is -2.37. The number of carbonyl (C=O) groups is 1. The number of Topliss-reactive ketones (excluding diaryl/α,β-unsaturated/α-hetero) is 1. The van der Waals surface area contributed by atoms with Crippen molar-refractivity contribution in [1.82, 2.24) is 0 Å². The molecule has 0 atom stereocenters. The van der Waals surface area contributed by atoms with Crippen molar-refractivity contribution in [3.05, 3.63) is 112 Å². The van der Waals surface area contributed by atoms with Gasteiger partial charge in [-0.25, -0.2) is 0 Å². The first kappa shape index (κ1) is 18.9. The zero-order chi connectivity index (χ0) is 20.2. The van der Waals surface area contributed by atoms with Crippen molar-refractivity contribution in [3.63, 3.8) is 0 Å². The van der Waals surface area contributed by atoms with Crippen LogP contribution in [0.1, 0.15) is 22.3 Å². The number of hydrogen-bond acceptors (Lipinski definition) is 2. The molecule has 3 aromatic carbocycles. The van der Waals surface area contributed by atoms with Crippen LogP contribution in [0, 0.1) is 13.8 Å². The maximum Gasteiger partial charge on any atom is 0.188 e. The number of nitrogens with zero attached hydrogens (tertiary/aromatic N) is 1. The molecule has 1 fully saturated rings. The summed E-state index contributed by atoms with van der Waals surface area (Å²) in [5.41, 5.74) is 7.32. The molecule has 144 valence electrons. The summed E-state index contributed by atoms with van der Waals surface area (Å²) in [6.45, 7) is 5.37. The van der Waals surface area contributed by atoms with E-state index < -0.39 is 0 Å². The van der Waals surface area contributed by atoms with E-state index >= 15 is 0 Å². The van der Waals surface area contributed by atoms with Gasteiger partial charge in [0, 0.05) is 29.9 Å². The van der Waals surface area contributed by atoms with Gasteiger partial charge in [-0.15, -0.1) is 0 Å². The lowest BCUT2D eigenvalue weighted by atomic mass is 9.93. The van der Waals surface area contributed by atoms with Gasteiger partial charge in [-0.05, 0) is 49.3 Å². The normalized spacial score (nSPS) is 17.2. The van der Waals surface area contributed by atoms with E-state index in [0.717, 1.165) is 28.0 Å². The van der Waals surface area contributed by atoms with E-state index in [1.807, 2.05) is 30.4 Å². The average Bonchev–Trinajstić information content (AvgIpc) is 2.74. The molecule has 0 N–H and O–H groups in total. The molecule has 1 aliphatic rings. The molecular weight excluding hydrogens is 354 g/mol. The predicted molar refractivity (Wildman–Crippen MR) is 122 cm³/mol. The Labute approximate surface area is 172 Å². The number of carbonyl (C=O) groups excluding carboxylic acids is 1. The number of rotatable bonds is 3. The van der Waals surface area contributed by atoms with Gasteiger partial charge in [0.05, 0.1) is 0 Å². The third-order valence-electron chi connectivity index (χ3n) is 5.26. The summed E-state index contributed by atoms with van der Waals surface area (Å²) in [4.78, 5) is 15.5. The Morgan fingerprint density at radius 1 is 0.655 bits per heavy atom. The Hall–Kier alpha value is -3.39. The maximum atomic E-state index is 13.3. The summed E-state index contributed by atoms with van der Waals surface area (Å²) >= 11 is 0. The highest BCUT2D eigenvalue weighted by Gasteiger charge is 2.26. The molecule has 0 amide bonds. The van der Waals surface area contributed by atoms with Crippen molar-refractivity contribution >= 4 is 23.6 Å². The lowest BCUT2D eigenvalue weighted by Gasteiger charge is -2.31. The molecule has 0 saturated carbocycles. The number of aryl methyl sites for hydroxylation is 2. The summed E-state index contributed by atoms with van der Waals surface area (Å²) in [7, 11) is 0. The molecule has 2 nitrogen and oxygen atoms in total. The molecule has 2 heteroatoms. The molecule has 3 aromatic rings. The number of benzene rings is 3. The van der Waals surface area contributed by atoms with Crippen LogP contribution in [0.2, 0.25) is 0 Å². The number of piperidine rings is 1. The van der Waals surface area contributed by atoms with Gasteiger partial charge in [0.1, 0.15) is 0 Å². The van der Waals surface area contributed by atoms with Gasteiger partial charge in [0.2, 0.25) is 0 Å². The summed E-state index contributed by atoms with van der Waals surface area (Å²) in [5, 5.41) is 0. The smallest absolute Gasteiger partial charge is 0.188 e. The van der Waals surface area contributed by atoms with Gasteiger partial charge in [-0.3, -0.25) is 4.79 Å². The monoisotopic (exact) mass is 379 g/mol. The Balaban J connectivity index is 1.73. The van der Waals surface area contributed by atoms with E-state index in [0.29, 0.717) is 13.1 Å². The van der Waals surface area contributed by atoms with Crippen LogP contribution in [-0.4, -0.2) is 18.9 Å². The van der Waals surface area contributed by atoms with Crippen molar-refractivity contribution < 1.29 is 4.79 Å². The molecule has 0 bridgehead atoms. The van der Waals surface area contributed by atoms with Crippen LogP contribution in [-0.2, 0) is 4.79 Å². The number of hydrogen-bond donors (Lipinski definition) is 0. The molecule has 0 radical (unpaired) electrons. The molecule has 0 spiro atoms. The van der Waals surface area contributed by atoms with Crippen LogP contribution in [0.5, 0.6) is 0 Å². The fourth-order valence-corrected chi connectivity index (χ4v) is 3.59. The van der Waals surface area contributed by atoms with Crippen molar-refractivity contribution in [3.8, 4) is 0 Å². The molecule has 0 aromatic heterocycles. The first-order valence-electron chi connectivity index (χ1n) is 9.98. The highest BCUT2D eigenvalue weighted by Crippen LogP contribution is 2.26. The van der Waals surface area contributed by atoms with Crippen LogP contribution in [0.4, 0.5) is 5.69 Å². The minimum Gasteiger partial charge on any atom is -0.363 e. The summed E-state index contributed by atoms with van der Waals surface area (Å²) < 4.78 is 0. The van der Waals surface area contributed by atoms with Crippen LogP contribution in [0.3, 0.4) is 0 Å². The highest BCUT2D eigenvalue weighted by molar-refractivity contribution is 6.15. The number of ketones is 1. The van der Waals surface area contributed by atoms with E-state index in [4.69, 9.17) is 0 Å². The summed E-state index contributed by atoms with van der Waals surface area (Å²) in [6, 6.07) is 26.9. The summed E-state index contributed by atoms with van der Waals surface area (Å²) in [5.74, 6) is 0.137. The van der Waals surface area contributed by atoms with E-state index in [1.165, 1.54) is 11.1 Å². The van der Waals surface area contributed by atoms with Gasteiger partial charge in [-0.1, -0.05) is 77.9 Å². The van der Waals surface area contributed by atoms with E-state index in [2.05, 4.69) is 79.4 Å². The molecule has 0 aliphatic carbocycles. The van der Waals surface area contributed by atoms with E-state index in [9.17, 15) is 4.79 Å². The topological polar surface area (TPSA) is 20.3 Å². The second-order valence-corrected chi connectivity index (χ2v) is 7.68. The standard InChI is InChI=1S/C27H25NO/c1-20-8-12-22(13-9-20)16-24-18-28(26-6-4-3-5-7-26)19-25(27(24)29)17-23-14-10-21(2)11-15-23/h3-17H,18-19H2,1-2H3. The third-order valence-corrected chi connectivity index (χ3v) is 5.26. The van der Waals surface area contributed by atoms with E-state index in [1.54, 1.807) is 0 Å². The zero-order valence-electron chi connectivity index (χ0n) is 16.9. The Morgan fingerprint density at radius 2 is 1.10 bits per heavy atom. The zero-order valence-corrected chi connectivity index (χ0v) is 16.9. The Bertz CT molecular complexity index is 990. The second-order valence-electron chi connectivity index (χ2n) is 7.68. The Morgan fingerprint density at radius 3 is 1.55 bits per heavy atom. The minimum atomic E-state index is 0.137. The fourth-order valence-electron chi connectivity index (χ4n) is 3.59. The molecule has 1 saturated heterocycles. The van der Waals surface area contributed by atoms with Crippen molar-refractivity contribution in [2.45, 2.75) is 13.8 Å². The first-order valence-corrected chi connectivity index (χ1v) is 9.98. The number of para-hydroxylation sites is 1. The average molecular weight is 380 g/mol. The van der Waals surface area contributed by atoms with Crippen LogP contribution < -0.4 is 4.90 Å². The van der Waals surface area contributed by atoms with Gasteiger partial charge in [0.25, 0.3) is 0 Å². The highest BCUT2D eigenvalue weighted by atomic mass is 16.1. The van der Waals surface area contributed by atoms with Gasteiger partial charge < -0.3 is 4.90 Å². The van der Waals surface area contributed by atoms with Crippen LogP contribution in [0.25, 0.3) is 12.2 Å². The quantitative estimate of drug-likeness (QED) is 0.531. The van der Waals surface area contributed by atoms with Gasteiger partial charge in [0.15, 0.2) is 5.78 Å². The predicted octanol–water partition coefficient (Wildman–Crippen LogP) is 5.86. The van der Waals surface area contributed by atoms with Gasteiger partial charge >= 0.3 is 0 Å². The second kappa shape index (κ2) is 8.32. The SMILES string of the molecule is Cc1ccc(C=C2CN(c3ccccc3)CC(=Cc3ccc(C)cc3)C2=O)cc1. The molecule has 0 unspecified atom stereocenters. The molecule has 1 heterocycles. The van der Waals surface area contributed by atoms with Crippen molar-refractivity contribution in [1.29, 1.82) is 0 Å². The van der Waals surface area contributed by atoms with Crippen LogP contribution in [0.15, 0.2) is 90.0 Å². The molecular formula is C27H25NO. The first-order chi connectivity index (χ1) is 14.1. The van der Waals surface area contributed by atoms with Crippen LogP contribution >= 0.6 is 0 Å². The molecule has 1 aliphatic heterocycles. The van der Waals surface area contributed by atoms with Crippen molar-refractivity contribution in [2.75, 3.05) is 18.0 Å². The lowest BCUT2D eigenvalue weighted by molar-refractivity contribution is -0.112. The molecule has 29 heavy (non-hydrogen) atoms. The fraction of sp³-hybridized carbons (Fsp3) is 0.148. The van der Waals surface area contributed by atoms with Gasteiger partial charge in [-0.2, -0.15) is 0 Å². The molecule has 4 rings (SSSR count). The number of anilines is 1. The van der Waals surface area contributed by atoms with E-state index in [-0.39, 0.29) is 5.78 Å².